The fourth-order valence-electron chi connectivity index (χ4n) is 3.52. The zero-order chi connectivity index (χ0) is 15.0. The first-order chi connectivity index (χ1) is 10.1. The predicted octanol–water partition coefficient (Wildman–Crippen LogP) is 1.32. The lowest BCUT2D eigenvalue weighted by Crippen LogP contribution is -2.46. The summed E-state index contributed by atoms with van der Waals surface area (Å²) in [5.74, 6) is -1.65. The Morgan fingerprint density at radius 2 is 2.00 bits per heavy atom. The molecule has 0 bridgehead atoms. The van der Waals surface area contributed by atoms with Gasteiger partial charge in [0.25, 0.3) is 0 Å². The number of aliphatic carboxylic acids is 1. The molecule has 0 saturated heterocycles. The van der Waals surface area contributed by atoms with Crippen LogP contribution >= 0.6 is 0 Å². The van der Waals surface area contributed by atoms with Crippen molar-refractivity contribution in [1.29, 1.82) is 0 Å². The summed E-state index contributed by atoms with van der Waals surface area (Å²) in [6, 6.07) is 7.39. The Morgan fingerprint density at radius 1 is 1.24 bits per heavy atom. The highest BCUT2D eigenvalue weighted by atomic mass is 16.4. The van der Waals surface area contributed by atoms with E-state index in [1.165, 1.54) is 0 Å². The zero-order valence-corrected chi connectivity index (χ0v) is 11.9. The van der Waals surface area contributed by atoms with Crippen molar-refractivity contribution in [3.05, 3.63) is 35.4 Å². The number of carboxylic acids is 1. The van der Waals surface area contributed by atoms with Gasteiger partial charge in [0.1, 0.15) is 0 Å². The molecule has 0 radical (unpaired) electrons. The van der Waals surface area contributed by atoms with E-state index in [1.807, 2.05) is 24.3 Å². The summed E-state index contributed by atoms with van der Waals surface area (Å²) in [4.78, 5) is 25.8. The number of rotatable bonds is 2. The minimum absolute atomic E-state index is 0.0146. The molecule has 0 aromatic heterocycles. The van der Waals surface area contributed by atoms with Gasteiger partial charge in [0, 0.05) is 19.1 Å². The molecule has 3 unspecified atom stereocenters. The molecule has 1 fully saturated rings. The molecule has 5 nitrogen and oxygen atoms in total. The fraction of sp³-hybridized carbons (Fsp3) is 0.500. The van der Waals surface area contributed by atoms with Crippen molar-refractivity contribution >= 4 is 11.9 Å². The van der Waals surface area contributed by atoms with Crippen molar-refractivity contribution in [2.75, 3.05) is 6.54 Å². The van der Waals surface area contributed by atoms with Crippen molar-refractivity contribution in [2.24, 2.45) is 11.7 Å². The normalized spacial score (nSPS) is 28.2. The van der Waals surface area contributed by atoms with Crippen LogP contribution in [-0.2, 0) is 16.1 Å². The maximum atomic E-state index is 12.6. The second-order valence-corrected chi connectivity index (χ2v) is 6.01. The summed E-state index contributed by atoms with van der Waals surface area (Å²) in [6.45, 7) is 0.733. The predicted molar refractivity (Wildman–Crippen MR) is 77.6 cm³/mol. The minimum atomic E-state index is -0.879. The molecule has 1 amide bonds. The van der Waals surface area contributed by atoms with Crippen LogP contribution < -0.4 is 5.73 Å². The van der Waals surface area contributed by atoms with Crippen LogP contribution in [0.15, 0.2) is 24.3 Å². The Bertz CT molecular complexity index is 572. The maximum Gasteiger partial charge on any atom is 0.312 e. The van der Waals surface area contributed by atoms with Crippen molar-refractivity contribution in [1.82, 2.24) is 4.90 Å². The van der Waals surface area contributed by atoms with Crippen LogP contribution in [0.1, 0.15) is 36.3 Å². The van der Waals surface area contributed by atoms with E-state index in [0.29, 0.717) is 6.54 Å². The van der Waals surface area contributed by atoms with E-state index in [9.17, 15) is 14.7 Å². The van der Waals surface area contributed by atoms with Gasteiger partial charge in [-0.05, 0) is 24.0 Å². The number of carbonyl (C=O) groups is 2. The van der Waals surface area contributed by atoms with Gasteiger partial charge in [-0.1, -0.05) is 30.7 Å². The van der Waals surface area contributed by atoms with Gasteiger partial charge in [-0.3, -0.25) is 9.59 Å². The van der Waals surface area contributed by atoms with E-state index in [2.05, 4.69) is 0 Å². The molecule has 1 aromatic rings. The van der Waals surface area contributed by atoms with E-state index in [0.717, 1.165) is 30.4 Å². The fourth-order valence-corrected chi connectivity index (χ4v) is 3.52. The molecular weight excluding hydrogens is 268 g/mol. The largest absolute Gasteiger partial charge is 0.481 e. The lowest BCUT2D eigenvalue weighted by Gasteiger charge is -2.35. The van der Waals surface area contributed by atoms with Crippen molar-refractivity contribution in [2.45, 2.75) is 37.8 Å². The molecule has 3 rings (SSSR count). The number of nitrogens with zero attached hydrogens (tertiary/aromatic N) is 1. The molecule has 21 heavy (non-hydrogen) atoms. The smallest absolute Gasteiger partial charge is 0.312 e. The SMILES string of the molecule is NC1CCCC1C(=O)N1Cc2ccccc2C(C(=O)O)C1. The van der Waals surface area contributed by atoms with Crippen LogP contribution in [0.2, 0.25) is 0 Å². The number of fused-ring (bicyclic) bond motifs is 1. The van der Waals surface area contributed by atoms with Gasteiger partial charge in [-0.25, -0.2) is 0 Å². The van der Waals surface area contributed by atoms with Crippen molar-refractivity contribution in [3.8, 4) is 0 Å². The Balaban J connectivity index is 1.86. The molecule has 2 aliphatic rings. The first-order valence-corrected chi connectivity index (χ1v) is 7.43. The van der Waals surface area contributed by atoms with Gasteiger partial charge in [-0.15, -0.1) is 0 Å². The van der Waals surface area contributed by atoms with E-state index >= 15 is 0 Å². The van der Waals surface area contributed by atoms with Crippen LogP contribution in [0.25, 0.3) is 0 Å². The third-order valence-electron chi connectivity index (χ3n) is 4.69. The van der Waals surface area contributed by atoms with E-state index in [4.69, 9.17) is 5.73 Å². The third-order valence-corrected chi connectivity index (χ3v) is 4.69. The molecule has 1 aromatic carbocycles. The second kappa shape index (κ2) is 5.48. The summed E-state index contributed by atoms with van der Waals surface area (Å²) >= 11 is 0. The van der Waals surface area contributed by atoms with E-state index in [1.54, 1.807) is 4.90 Å². The number of carbonyl (C=O) groups excluding carboxylic acids is 1. The molecule has 0 spiro atoms. The van der Waals surface area contributed by atoms with Gasteiger partial charge in [0.15, 0.2) is 0 Å². The number of carboxylic acid groups (broad SMARTS) is 1. The van der Waals surface area contributed by atoms with Crippen molar-refractivity contribution in [3.63, 3.8) is 0 Å². The Kier molecular flexibility index (Phi) is 3.68. The lowest BCUT2D eigenvalue weighted by atomic mass is 9.88. The second-order valence-electron chi connectivity index (χ2n) is 6.01. The number of hydrogen-bond acceptors (Lipinski definition) is 3. The summed E-state index contributed by atoms with van der Waals surface area (Å²) < 4.78 is 0. The lowest BCUT2D eigenvalue weighted by molar-refractivity contribution is -0.142. The van der Waals surface area contributed by atoms with Gasteiger partial charge < -0.3 is 15.7 Å². The molecule has 1 aliphatic heterocycles. The number of benzene rings is 1. The van der Waals surface area contributed by atoms with Crippen LogP contribution in [0.3, 0.4) is 0 Å². The zero-order valence-electron chi connectivity index (χ0n) is 11.9. The van der Waals surface area contributed by atoms with Crippen LogP contribution in [0, 0.1) is 5.92 Å². The first-order valence-electron chi connectivity index (χ1n) is 7.43. The molecule has 5 heteroatoms. The highest BCUT2D eigenvalue weighted by molar-refractivity contribution is 5.83. The molecule has 3 N–H and O–H groups in total. The number of hydrogen-bond donors (Lipinski definition) is 2. The highest BCUT2D eigenvalue weighted by Gasteiger charge is 2.38. The number of nitrogens with two attached hydrogens (primary N) is 1. The molecule has 1 saturated carbocycles. The average Bonchev–Trinajstić information content (AvgIpc) is 2.91. The average molecular weight is 288 g/mol. The Labute approximate surface area is 123 Å². The van der Waals surface area contributed by atoms with Gasteiger partial charge >= 0.3 is 5.97 Å². The van der Waals surface area contributed by atoms with Crippen LogP contribution in [0.5, 0.6) is 0 Å². The maximum absolute atomic E-state index is 12.6. The molecule has 1 heterocycles. The summed E-state index contributed by atoms with van der Waals surface area (Å²) in [7, 11) is 0. The quantitative estimate of drug-likeness (QED) is 0.860. The van der Waals surface area contributed by atoms with Crippen LogP contribution in [0.4, 0.5) is 0 Å². The van der Waals surface area contributed by atoms with Crippen molar-refractivity contribution < 1.29 is 14.7 Å². The standard InChI is InChI=1S/C16H20N2O3/c17-14-7-3-6-12(14)15(19)18-8-10-4-1-2-5-11(10)13(9-18)16(20)21/h1-2,4-5,12-14H,3,6-9,17H2,(H,20,21). The Hall–Kier alpha value is -1.88. The highest BCUT2D eigenvalue weighted by Crippen LogP contribution is 2.32. The first kappa shape index (κ1) is 14.1. The van der Waals surface area contributed by atoms with E-state index in [-0.39, 0.29) is 24.4 Å². The summed E-state index contributed by atoms with van der Waals surface area (Å²) in [5, 5.41) is 9.44. The summed E-state index contributed by atoms with van der Waals surface area (Å²) in [5.41, 5.74) is 7.76. The Morgan fingerprint density at radius 3 is 2.67 bits per heavy atom. The summed E-state index contributed by atoms with van der Waals surface area (Å²) in [6.07, 6.45) is 2.67. The minimum Gasteiger partial charge on any atom is -0.481 e. The van der Waals surface area contributed by atoms with Crippen LogP contribution in [-0.4, -0.2) is 34.5 Å². The molecule has 112 valence electrons. The monoisotopic (exact) mass is 288 g/mol. The number of amides is 1. The van der Waals surface area contributed by atoms with Gasteiger partial charge in [0.05, 0.1) is 11.8 Å². The topological polar surface area (TPSA) is 83.6 Å². The van der Waals surface area contributed by atoms with Gasteiger partial charge in [0.2, 0.25) is 5.91 Å². The third kappa shape index (κ3) is 2.53. The molecule has 3 atom stereocenters. The molecular formula is C16H20N2O3. The van der Waals surface area contributed by atoms with E-state index < -0.39 is 11.9 Å². The van der Waals surface area contributed by atoms with Gasteiger partial charge in [-0.2, -0.15) is 0 Å². The molecule has 1 aliphatic carbocycles.